The molecular weight excluding hydrogens is 480 g/mol. The Labute approximate surface area is 213 Å². The molecule has 0 radical (unpaired) electrons. The molecule has 0 saturated carbocycles. The topological polar surface area (TPSA) is 77.5 Å². The van der Waals surface area contributed by atoms with Crippen LogP contribution in [0.1, 0.15) is 11.4 Å². The summed E-state index contributed by atoms with van der Waals surface area (Å²) in [6.45, 7) is 4.46. The number of fused-ring (bicyclic) bond motifs is 1. The Morgan fingerprint density at radius 3 is 2.33 bits per heavy atom. The summed E-state index contributed by atoms with van der Waals surface area (Å²) in [7, 11) is 4.82. The van der Waals surface area contributed by atoms with Crippen molar-refractivity contribution in [2.45, 2.75) is 13.1 Å². The summed E-state index contributed by atoms with van der Waals surface area (Å²) in [6.07, 6.45) is 0. The van der Waals surface area contributed by atoms with Crippen molar-refractivity contribution in [3.05, 3.63) is 85.8 Å². The van der Waals surface area contributed by atoms with Crippen LogP contribution >= 0.6 is 11.6 Å². The second kappa shape index (κ2) is 9.83. The van der Waals surface area contributed by atoms with Crippen molar-refractivity contribution in [2.24, 2.45) is 14.1 Å². The van der Waals surface area contributed by atoms with E-state index in [4.69, 9.17) is 21.3 Å². The average Bonchev–Trinajstić information content (AvgIpc) is 3.24. The van der Waals surface area contributed by atoms with Crippen molar-refractivity contribution in [3.63, 3.8) is 0 Å². The van der Waals surface area contributed by atoms with Gasteiger partial charge < -0.3 is 14.2 Å². The smallest absolute Gasteiger partial charge is 0.332 e. The zero-order valence-corrected chi connectivity index (χ0v) is 21.4. The quantitative estimate of drug-likeness (QED) is 0.398. The molecule has 0 amide bonds. The van der Waals surface area contributed by atoms with Gasteiger partial charge in [0.25, 0.3) is 5.56 Å². The lowest BCUT2D eigenvalue weighted by atomic mass is 10.2. The number of methoxy groups -OCH3 is 1. The van der Waals surface area contributed by atoms with Crippen molar-refractivity contribution >= 4 is 28.5 Å². The third kappa shape index (κ3) is 4.52. The summed E-state index contributed by atoms with van der Waals surface area (Å²) in [4.78, 5) is 35.2. The molecule has 36 heavy (non-hydrogen) atoms. The Hall–Kier alpha value is -3.56. The number of rotatable bonds is 6. The van der Waals surface area contributed by atoms with Gasteiger partial charge in [0.15, 0.2) is 11.2 Å². The molecule has 1 aliphatic heterocycles. The number of benzene rings is 2. The fraction of sp³-hybridized carbons (Fsp3) is 0.346. The predicted molar refractivity (Wildman–Crippen MR) is 141 cm³/mol. The van der Waals surface area contributed by atoms with Gasteiger partial charge in [-0.1, -0.05) is 23.7 Å². The number of halogens is 1. The third-order valence-electron chi connectivity index (χ3n) is 6.83. The molecule has 188 valence electrons. The van der Waals surface area contributed by atoms with Crippen LogP contribution in [-0.2, 0) is 27.2 Å². The van der Waals surface area contributed by atoms with Crippen LogP contribution in [0.25, 0.3) is 11.2 Å². The van der Waals surface area contributed by atoms with Crippen molar-refractivity contribution in [1.82, 2.24) is 23.6 Å². The van der Waals surface area contributed by atoms with Gasteiger partial charge in [0.2, 0.25) is 0 Å². The van der Waals surface area contributed by atoms with Crippen LogP contribution in [0.5, 0.6) is 5.75 Å². The molecule has 1 fully saturated rings. The number of hydrogen-bond acceptors (Lipinski definition) is 6. The highest BCUT2D eigenvalue weighted by molar-refractivity contribution is 6.30. The molecule has 5 rings (SSSR count). The van der Waals surface area contributed by atoms with Gasteiger partial charge in [0.1, 0.15) is 11.6 Å². The normalized spacial score (nSPS) is 14.5. The summed E-state index contributed by atoms with van der Waals surface area (Å²) >= 11 is 6.23. The van der Waals surface area contributed by atoms with Gasteiger partial charge in [-0.05, 0) is 42.0 Å². The van der Waals surface area contributed by atoms with E-state index in [-0.39, 0.29) is 11.2 Å². The summed E-state index contributed by atoms with van der Waals surface area (Å²) < 4.78 is 9.77. The lowest BCUT2D eigenvalue weighted by molar-refractivity contribution is 0.241. The largest absolute Gasteiger partial charge is 0.497 e. The van der Waals surface area contributed by atoms with Crippen LogP contribution in [-0.4, -0.2) is 56.9 Å². The number of imidazole rings is 1. The van der Waals surface area contributed by atoms with E-state index in [0.29, 0.717) is 29.3 Å². The monoisotopic (exact) mass is 508 g/mol. The van der Waals surface area contributed by atoms with E-state index in [1.807, 2.05) is 41.0 Å². The Kier molecular flexibility index (Phi) is 6.59. The maximum absolute atomic E-state index is 13.2. The average molecular weight is 509 g/mol. The summed E-state index contributed by atoms with van der Waals surface area (Å²) in [5.74, 6) is 1.60. The highest BCUT2D eigenvalue weighted by Crippen LogP contribution is 2.22. The third-order valence-corrected chi connectivity index (χ3v) is 7.07. The molecule has 0 N–H and O–H groups in total. The summed E-state index contributed by atoms with van der Waals surface area (Å²) in [5.41, 5.74) is 2.21. The molecule has 0 atom stereocenters. The number of aromatic nitrogens is 4. The van der Waals surface area contributed by atoms with Crippen molar-refractivity contribution in [3.8, 4) is 5.75 Å². The first kappa shape index (κ1) is 24.1. The van der Waals surface area contributed by atoms with Crippen LogP contribution in [0, 0.1) is 0 Å². The van der Waals surface area contributed by atoms with Gasteiger partial charge in [0, 0.05) is 57.5 Å². The van der Waals surface area contributed by atoms with Crippen molar-refractivity contribution in [1.29, 1.82) is 0 Å². The summed E-state index contributed by atoms with van der Waals surface area (Å²) in [6, 6.07) is 15.7. The van der Waals surface area contributed by atoms with E-state index in [2.05, 4.69) is 21.9 Å². The van der Waals surface area contributed by atoms with Gasteiger partial charge >= 0.3 is 5.69 Å². The first-order chi connectivity index (χ1) is 17.4. The second-order valence-corrected chi connectivity index (χ2v) is 9.52. The molecule has 9 nitrogen and oxygen atoms in total. The molecule has 0 aliphatic carbocycles. The molecule has 0 unspecified atom stereocenters. The van der Waals surface area contributed by atoms with Gasteiger partial charge in [-0.3, -0.25) is 18.8 Å². The number of anilines is 1. The van der Waals surface area contributed by atoms with Gasteiger partial charge in [0.05, 0.1) is 13.7 Å². The van der Waals surface area contributed by atoms with Crippen LogP contribution in [0.3, 0.4) is 0 Å². The maximum Gasteiger partial charge on any atom is 0.332 e. The fourth-order valence-corrected chi connectivity index (χ4v) is 4.97. The molecule has 4 aromatic rings. The molecule has 0 bridgehead atoms. The highest BCUT2D eigenvalue weighted by atomic mass is 35.5. The molecule has 3 heterocycles. The van der Waals surface area contributed by atoms with E-state index in [1.165, 1.54) is 17.3 Å². The number of ether oxygens (including phenoxy) is 1. The minimum Gasteiger partial charge on any atom is -0.497 e. The van der Waals surface area contributed by atoms with Crippen LogP contribution in [0.15, 0.2) is 58.1 Å². The zero-order chi connectivity index (χ0) is 25.4. The lowest BCUT2D eigenvalue weighted by Crippen LogP contribution is -2.46. The minimum absolute atomic E-state index is 0.349. The molecule has 2 aromatic heterocycles. The fourth-order valence-electron chi connectivity index (χ4n) is 4.76. The Bertz CT molecular complexity index is 1510. The van der Waals surface area contributed by atoms with E-state index in [0.717, 1.165) is 47.9 Å². The summed E-state index contributed by atoms with van der Waals surface area (Å²) in [5, 5.41) is 0.633. The number of piperazine rings is 1. The predicted octanol–water partition coefficient (Wildman–Crippen LogP) is 2.47. The molecule has 2 aromatic carbocycles. The lowest BCUT2D eigenvalue weighted by Gasteiger charge is -2.36. The van der Waals surface area contributed by atoms with Crippen LogP contribution < -0.4 is 20.9 Å². The van der Waals surface area contributed by atoms with E-state index in [1.54, 1.807) is 14.2 Å². The molecule has 1 saturated heterocycles. The maximum atomic E-state index is 13.2. The number of aryl methyl sites for hydroxylation is 1. The Morgan fingerprint density at radius 2 is 1.67 bits per heavy atom. The van der Waals surface area contributed by atoms with Crippen LogP contribution in [0.4, 0.5) is 5.69 Å². The van der Waals surface area contributed by atoms with Gasteiger partial charge in [-0.25, -0.2) is 9.78 Å². The molecule has 1 aliphatic rings. The standard InChI is InChI=1S/C26H29ClN6O3/c1-29-24-23(25(34)30(2)26(29)35)33(16-18-5-4-6-19(27)15-18)22(28-24)17-31-11-13-32(14-12-31)20-7-9-21(36-3)10-8-20/h4-10,15H,11-14,16-17H2,1-3H3. The zero-order valence-electron chi connectivity index (χ0n) is 20.6. The number of hydrogen-bond donors (Lipinski definition) is 0. The van der Waals surface area contributed by atoms with Crippen LogP contribution in [0.2, 0.25) is 5.02 Å². The van der Waals surface area contributed by atoms with Gasteiger partial charge in [-0.15, -0.1) is 0 Å². The SMILES string of the molecule is COc1ccc(N2CCN(Cc3nc4c(c(=O)n(C)c(=O)n4C)n3Cc3cccc(Cl)c3)CC2)cc1. The minimum atomic E-state index is -0.389. The van der Waals surface area contributed by atoms with Gasteiger partial charge in [-0.2, -0.15) is 0 Å². The van der Waals surface area contributed by atoms with E-state index in [9.17, 15) is 9.59 Å². The molecular formula is C26H29ClN6O3. The molecule has 10 heteroatoms. The first-order valence-electron chi connectivity index (χ1n) is 11.9. The van der Waals surface area contributed by atoms with E-state index >= 15 is 0 Å². The highest BCUT2D eigenvalue weighted by Gasteiger charge is 2.23. The first-order valence-corrected chi connectivity index (χ1v) is 12.2. The van der Waals surface area contributed by atoms with E-state index < -0.39 is 0 Å². The van der Waals surface area contributed by atoms with Crippen molar-refractivity contribution in [2.75, 3.05) is 38.2 Å². The second-order valence-electron chi connectivity index (χ2n) is 9.08. The Morgan fingerprint density at radius 1 is 0.944 bits per heavy atom. The number of nitrogens with zero attached hydrogens (tertiary/aromatic N) is 6. The molecule has 0 spiro atoms. The van der Waals surface area contributed by atoms with Crippen molar-refractivity contribution < 1.29 is 4.74 Å². The Balaban J connectivity index is 1.44.